The van der Waals surface area contributed by atoms with Gasteiger partial charge in [0, 0.05) is 18.3 Å². The lowest BCUT2D eigenvalue weighted by Gasteiger charge is -2.13. The smallest absolute Gasteiger partial charge is 0.306 e. The zero-order chi connectivity index (χ0) is 13.1. The van der Waals surface area contributed by atoms with Gasteiger partial charge in [0.2, 0.25) is 6.79 Å². The standard InChI is InChI=1S/C12H15NO5/c1-7-2-10-11(18-6-17-10)4-9(7)13-5-8(14)3-12(15)16/h2,4,8,13-14H,3,5-6H2,1H3,(H,15,16). The van der Waals surface area contributed by atoms with Crippen LogP contribution in [0.2, 0.25) is 0 Å². The molecule has 1 aliphatic rings. The molecule has 18 heavy (non-hydrogen) atoms. The lowest BCUT2D eigenvalue weighted by Crippen LogP contribution is -2.22. The Morgan fingerprint density at radius 1 is 1.44 bits per heavy atom. The van der Waals surface area contributed by atoms with Crippen LogP contribution in [0.5, 0.6) is 11.5 Å². The summed E-state index contributed by atoms with van der Waals surface area (Å²) < 4.78 is 10.5. The SMILES string of the molecule is Cc1cc2c(cc1NCC(O)CC(=O)O)OCO2. The molecule has 0 aliphatic carbocycles. The number of aliphatic carboxylic acids is 1. The number of anilines is 1. The third-order valence-electron chi connectivity index (χ3n) is 2.66. The molecule has 6 nitrogen and oxygen atoms in total. The van der Waals surface area contributed by atoms with Crippen LogP contribution in [0, 0.1) is 6.92 Å². The van der Waals surface area contributed by atoms with Crippen LogP contribution in [0.25, 0.3) is 0 Å². The number of aryl methyl sites for hydroxylation is 1. The zero-order valence-corrected chi connectivity index (χ0v) is 9.97. The Labute approximate surface area is 104 Å². The predicted molar refractivity (Wildman–Crippen MR) is 64.1 cm³/mol. The van der Waals surface area contributed by atoms with Gasteiger partial charge in [0.05, 0.1) is 12.5 Å². The Balaban J connectivity index is 1.99. The number of benzene rings is 1. The summed E-state index contributed by atoms with van der Waals surface area (Å²) in [6, 6.07) is 3.62. The van der Waals surface area contributed by atoms with Gasteiger partial charge in [-0.05, 0) is 18.6 Å². The first kappa shape index (κ1) is 12.5. The fourth-order valence-electron chi connectivity index (χ4n) is 1.74. The molecule has 0 amide bonds. The number of ether oxygens (including phenoxy) is 2. The summed E-state index contributed by atoms with van der Waals surface area (Å²) in [7, 11) is 0. The second-order valence-electron chi connectivity index (χ2n) is 4.15. The minimum atomic E-state index is -1.02. The predicted octanol–water partition coefficient (Wildman–Crippen LogP) is 0.971. The molecule has 1 atom stereocenters. The maximum atomic E-state index is 10.4. The number of rotatable bonds is 5. The van der Waals surface area contributed by atoms with Crippen LogP contribution in [0.15, 0.2) is 12.1 Å². The van der Waals surface area contributed by atoms with E-state index in [1.54, 1.807) is 6.07 Å². The first-order valence-electron chi connectivity index (χ1n) is 5.60. The van der Waals surface area contributed by atoms with Crippen molar-refractivity contribution in [3.05, 3.63) is 17.7 Å². The molecule has 1 aromatic rings. The second kappa shape index (κ2) is 5.14. The van der Waals surface area contributed by atoms with E-state index in [4.69, 9.17) is 14.6 Å². The second-order valence-corrected chi connectivity index (χ2v) is 4.15. The highest BCUT2D eigenvalue weighted by Gasteiger charge is 2.16. The number of fused-ring (bicyclic) bond motifs is 1. The molecule has 2 rings (SSSR count). The zero-order valence-electron chi connectivity index (χ0n) is 9.97. The van der Waals surface area contributed by atoms with Gasteiger partial charge in [-0.1, -0.05) is 0 Å². The summed E-state index contributed by atoms with van der Waals surface area (Å²) in [5.41, 5.74) is 1.74. The summed E-state index contributed by atoms with van der Waals surface area (Å²) >= 11 is 0. The number of aliphatic hydroxyl groups excluding tert-OH is 1. The normalized spacial score (nSPS) is 14.3. The molecule has 6 heteroatoms. The molecule has 1 aromatic carbocycles. The highest BCUT2D eigenvalue weighted by molar-refractivity contribution is 5.67. The lowest BCUT2D eigenvalue weighted by molar-refractivity contribution is -0.138. The van der Waals surface area contributed by atoms with Gasteiger partial charge < -0.3 is 25.0 Å². The van der Waals surface area contributed by atoms with Gasteiger partial charge in [-0.25, -0.2) is 0 Å². The monoisotopic (exact) mass is 253 g/mol. The van der Waals surface area contributed by atoms with Gasteiger partial charge in [0.25, 0.3) is 0 Å². The molecule has 0 radical (unpaired) electrons. The Bertz CT molecular complexity index is 460. The minimum absolute atomic E-state index is 0.173. The van der Waals surface area contributed by atoms with Crippen LogP contribution >= 0.6 is 0 Å². The van der Waals surface area contributed by atoms with Crippen molar-refractivity contribution < 1.29 is 24.5 Å². The summed E-state index contributed by atoms with van der Waals surface area (Å²) in [5.74, 6) is 0.326. The number of carbonyl (C=O) groups is 1. The molecule has 1 heterocycles. The highest BCUT2D eigenvalue weighted by Crippen LogP contribution is 2.36. The Hall–Kier alpha value is -1.95. The van der Waals surface area contributed by atoms with E-state index in [0.29, 0.717) is 11.5 Å². The molecular formula is C12H15NO5. The molecule has 98 valence electrons. The number of carboxylic acids is 1. The summed E-state index contributed by atoms with van der Waals surface area (Å²) in [6.07, 6.45) is -1.20. The van der Waals surface area contributed by atoms with E-state index in [0.717, 1.165) is 11.3 Å². The van der Waals surface area contributed by atoms with Crippen molar-refractivity contribution in [1.82, 2.24) is 0 Å². The Morgan fingerprint density at radius 3 is 2.78 bits per heavy atom. The third-order valence-corrected chi connectivity index (χ3v) is 2.66. The van der Waals surface area contributed by atoms with E-state index in [1.165, 1.54) is 0 Å². The fraction of sp³-hybridized carbons (Fsp3) is 0.417. The molecule has 0 bridgehead atoms. The number of carboxylic acid groups (broad SMARTS) is 1. The van der Waals surface area contributed by atoms with Crippen LogP contribution in [0.1, 0.15) is 12.0 Å². The average molecular weight is 253 g/mol. The number of hydrogen-bond acceptors (Lipinski definition) is 5. The van der Waals surface area contributed by atoms with Crippen molar-refractivity contribution in [2.75, 3.05) is 18.7 Å². The molecule has 0 spiro atoms. The molecule has 3 N–H and O–H groups in total. The van der Waals surface area contributed by atoms with Crippen molar-refractivity contribution in [2.24, 2.45) is 0 Å². The average Bonchev–Trinajstić information content (AvgIpc) is 2.71. The molecule has 1 aliphatic heterocycles. The molecular weight excluding hydrogens is 238 g/mol. The van der Waals surface area contributed by atoms with Crippen molar-refractivity contribution in [1.29, 1.82) is 0 Å². The van der Waals surface area contributed by atoms with E-state index in [-0.39, 0.29) is 19.8 Å². The summed E-state index contributed by atoms with van der Waals surface area (Å²) in [4.78, 5) is 10.4. The van der Waals surface area contributed by atoms with Crippen molar-refractivity contribution >= 4 is 11.7 Å². The highest BCUT2D eigenvalue weighted by atomic mass is 16.7. The van der Waals surface area contributed by atoms with Gasteiger partial charge >= 0.3 is 5.97 Å². The van der Waals surface area contributed by atoms with Crippen molar-refractivity contribution in [3.8, 4) is 11.5 Å². The van der Waals surface area contributed by atoms with Crippen LogP contribution in [-0.2, 0) is 4.79 Å². The van der Waals surface area contributed by atoms with Crippen LogP contribution < -0.4 is 14.8 Å². The van der Waals surface area contributed by atoms with E-state index < -0.39 is 12.1 Å². The van der Waals surface area contributed by atoms with Gasteiger partial charge in [-0.3, -0.25) is 4.79 Å². The lowest BCUT2D eigenvalue weighted by atomic mass is 10.1. The largest absolute Gasteiger partial charge is 0.481 e. The number of aliphatic hydroxyl groups is 1. The summed E-state index contributed by atoms with van der Waals surface area (Å²) in [6.45, 7) is 2.28. The maximum Gasteiger partial charge on any atom is 0.306 e. The van der Waals surface area contributed by atoms with Gasteiger partial charge in [-0.15, -0.1) is 0 Å². The Morgan fingerprint density at radius 2 is 2.11 bits per heavy atom. The van der Waals surface area contributed by atoms with Crippen LogP contribution in [0.3, 0.4) is 0 Å². The first-order valence-corrected chi connectivity index (χ1v) is 5.60. The molecule has 0 fully saturated rings. The van der Waals surface area contributed by atoms with E-state index in [9.17, 15) is 9.90 Å². The number of nitrogens with one attached hydrogen (secondary N) is 1. The van der Waals surface area contributed by atoms with E-state index >= 15 is 0 Å². The number of hydrogen-bond donors (Lipinski definition) is 3. The Kier molecular flexibility index (Phi) is 3.57. The van der Waals surface area contributed by atoms with Crippen molar-refractivity contribution in [3.63, 3.8) is 0 Å². The first-order chi connectivity index (χ1) is 8.56. The third kappa shape index (κ3) is 2.84. The topological polar surface area (TPSA) is 88.0 Å². The van der Waals surface area contributed by atoms with Crippen LogP contribution in [-0.4, -0.2) is 35.6 Å². The molecule has 1 unspecified atom stereocenters. The van der Waals surface area contributed by atoms with Gasteiger partial charge in [0.1, 0.15) is 0 Å². The van der Waals surface area contributed by atoms with E-state index in [1.807, 2.05) is 13.0 Å². The fourth-order valence-corrected chi connectivity index (χ4v) is 1.74. The maximum absolute atomic E-state index is 10.4. The van der Waals surface area contributed by atoms with E-state index in [2.05, 4.69) is 5.32 Å². The van der Waals surface area contributed by atoms with Crippen molar-refractivity contribution in [2.45, 2.75) is 19.4 Å². The molecule has 0 aromatic heterocycles. The summed E-state index contributed by atoms with van der Waals surface area (Å²) in [5, 5.41) is 21.0. The van der Waals surface area contributed by atoms with Gasteiger partial charge in [-0.2, -0.15) is 0 Å². The molecule has 0 saturated carbocycles. The van der Waals surface area contributed by atoms with Gasteiger partial charge in [0.15, 0.2) is 11.5 Å². The minimum Gasteiger partial charge on any atom is -0.481 e. The quantitative estimate of drug-likeness (QED) is 0.724. The molecule has 0 saturated heterocycles. The van der Waals surface area contributed by atoms with Crippen LogP contribution in [0.4, 0.5) is 5.69 Å².